The standard InChI is InChI=1S/C16H12Cl2N2O3S/c1-23-15(22)11-4-2-3-5-13(11)19-16(24)20-14(21)10-7-6-9(17)8-12(10)18/h2-8H,1H3,(H2,19,20,21,24). The SMILES string of the molecule is COC(=O)c1ccccc1NC(=S)NC(=O)c1ccc(Cl)cc1Cl. The van der Waals surface area contributed by atoms with Gasteiger partial charge in [0.15, 0.2) is 5.11 Å². The van der Waals surface area contributed by atoms with Crippen molar-refractivity contribution in [1.29, 1.82) is 0 Å². The van der Waals surface area contributed by atoms with E-state index in [1.54, 1.807) is 30.3 Å². The summed E-state index contributed by atoms with van der Waals surface area (Å²) in [5.41, 5.74) is 0.935. The van der Waals surface area contributed by atoms with E-state index in [0.717, 1.165) is 0 Å². The topological polar surface area (TPSA) is 67.4 Å². The number of amides is 1. The van der Waals surface area contributed by atoms with E-state index in [0.29, 0.717) is 16.3 Å². The number of hydrogen-bond acceptors (Lipinski definition) is 4. The van der Waals surface area contributed by atoms with E-state index in [-0.39, 0.29) is 15.7 Å². The van der Waals surface area contributed by atoms with Gasteiger partial charge in [-0.1, -0.05) is 35.3 Å². The van der Waals surface area contributed by atoms with Crippen molar-refractivity contribution in [3.63, 3.8) is 0 Å². The number of benzene rings is 2. The Labute approximate surface area is 153 Å². The summed E-state index contributed by atoms with van der Waals surface area (Å²) >= 11 is 16.9. The van der Waals surface area contributed by atoms with Crippen molar-refractivity contribution in [3.8, 4) is 0 Å². The molecule has 2 rings (SSSR count). The third kappa shape index (κ3) is 4.44. The van der Waals surface area contributed by atoms with E-state index in [9.17, 15) is 9.59 Å². The highest BCUT2D eigenvalue weighted by molar-refractivity contribution is 7.80. The number of para-hydroxylation sites is 1. The molecule has 124 valence electrons. The van der Waals surface area contributed by atoms with Crippen LogP contribution in [0.2, 0.25) is 10.0 Å². The number of halogens is 2. The van der Waals surface area contributed by atoms with Gasteiger partial charge >= 0.3 is 5.97 Å². The summed E-state index contributed by atoms with van der Waals surface area (Å²) in [7, 11) is 1.28. The fraction of sp³-hybridized carbons (Fsp3) is 0.0625. The molecule has 0 aliphatic heterocycles. The monoisotopic (exact) mass is 382 g/mol. The lowest BCUT2D eigenvalue weighted by molar-refractivity contribution is 0.0602. The third-order valence-corrected chi connectivity index (χ3v) is 3.74. The lowest BCUT2D eigenvalue weighted by atomic mass is 10.2. The van der Waals surface area contributed by atoms with Gasteiger partial charge in [0.1, 0.15) is 0 Å². The molecule has 0 spiro atoms. The largest absolute Gasteiger partial charge is 0.465 e. The number of carbonyl (C=O) groups excluding carboxylic acids is 2. The summed E-state index contributed by atoms with van der Waals surface area (Å²) in [6.07, 6.45) is 0. The molecule has 0 saturated heterocycles. The Bertz CT molecular complexity index is 812. The minimum absolute atomic E-state index is 0.0161. The fourth-order valence-electron chi connectivity index (χ4n) is 1.88. The summed E-state index contributed by atoms with van der Waals surface area (Å²) in [4.78, 5) is 23.9. The molecule has 2 N–H and O–H groups in total. The third-order valence-electron chi connectivity index (χ3n) is 2.98. The van der Waals surface area contributed by atoms with Crippen molar-refractivity contribution >= 4 is 58.1 Å². The molecule has 0 aliphatic rings. The van der Waals surface area contributed by atoms with E-state index < -0.39 is 11.9 Å². The number of ether oxygens (including phenoxy) is 1. The van der Waals surface area contributed by atoms with Crippen LogP contribution in [-0.2, 0) is 4.74 Å². The number of methoxy groups -OCH3 is 1. The second-order valence-corrected chi connectivity index (χ2v) is 5.82. The Morgan fingerprint density at radius 2 is 1.79 bits per heavy atom. The summed E-state index contributed by atoms with van der Waals surface area (Å²) in [6, 6.07) is 11.1. The zero-order valence-corrected chi connectivity index (χ0v) is 14.8. The highest BCUT2D eigenvalue weighted by atomic mass is 35.5. The van der Waals surface area contributed by atoms with Gasteiger partial charge < -0.3 is 10.1 Å². The van der Waals surface area contributed by atoms with Gasteiger partial charge in [-0.3, -0.25) is 10.1 Å². The molecule has 2 aromatic rings. The Kier molecular flexibility index (Phi) is 6.14. The minimum Gasteiger partial charge on any atom is -0.465 e. The second-order valence-electron chi connectivity index (χ2n) is 4.57. The van der Waals surface area contributed by atoms with Crippen molar-refractivity contribution in [2.45, 2.75) is 0 Å². The van der Waals surface area contributed by atoms with Gasteiger partial charge in [-0.15, -0.1) is 0 Å². The molecule has 5 nitrogen and oxygen atoms in total. The number of thiocarbonyl (C=S) groups is 1. The van der Waals surface area contributed by atoms with E-state index in [2.05, 4.69) is 10.6 Å². The maximum absolute atomic E-state index is 12.2. The normalized spacial score (nSPS) is 9.96. The van der Waals surface area contributed by atoms with Crippen LogP contribution in [0.25, 0.3) is 0 Å². The first kappa shape index (κ1) is 18.2. The molecule has 0 aromatic heterocycles. The van der Waals surface area contributed by atoms with Gasteiger partial charge in [0.05, 0.1) is 28.9 Å². The molecule has 24 heavy (non-hydrogen) atoms. The van der Waals surface area contributed by atoms with E-state index >= 15 is 0 Å². The van der Waals surface area contributed by atoms with Crippen molar-refractivity contribution < 1.29 is 14.3 Å². The van der Waals surface area contributed by atoms with Gasteiger partial charge in [-0.05, 0) is 42.5 Å². The molecule has 2 aromatic carbocycles. The molecule has 0 saturated carbocycles. The zero-order chi connectivity index (χ0) is 17.7. The molecule has 0 aliphatic carbocycles. The summed E-state index contributed by atoms with van der Waals surface area (Å²) in [6.45, 7) is 0. The first-order chi connectivity index (χ1) is 11.4. The Balaban J connectivity index is 2.11. The van der Waals surface area contributed by atoms with Crippen molar-refractivity contribution in [2.75, 3.05) is 12.4 Å². The molecule has 0 bridgehead atoms. The maximum atomic E-state index is 12.2. The van der Waals surface area contributed by atoms with Crippen molar-refractivity contribution in [3.05, 3.63) is 63.6 Å². The quantitative estimate of drug-likeness (QED) is 0.622. The van der Waals surface area contributed by atoms with Crippen LogP contribution < -0.4 is 10.6 Å². The fourth-order valence-corrected chi connectivity index (χ4v) is 2.57. The average molecular weight is 383 g/mol. The Morgan fingerprint density at radius 1 is 1.08 bits per heavy atom. The molecule has 0 heterocycles. The van der Waals surface area contributed by atoms with Gasteiger partial charge in [0, 0.05) is 5.02 Å². The molecule has 0 unspecified atom stereocenters. The van der Waals surface area contributed by atoms with Crippen LogP contribution >= 0.6 is 35.4 Å². The van der Waals surface area contributed by atoms with Gasteiger partial charge in [-0.2, -0.15) is 0 Å². The number of anilines is 1. The second kappa shape index (κ2) is 8.10. The van der Waals surface area contributed by atoms with Gasteiger partial charge in [0.25, 0.3) is 5.91 Å². The number of carbonyl (C=O) groups is 2. The number of nitrogens with one attached hydrogen (secondary N) is 2. The van der Waals surface area contributed by atoms with Crippen LogP contribution in [0.15, 0.2) is 42.5 Å². The lowest BCUT2D eigenvalue weighted by Gasteiger charge is -2.13. The van der Waals surface area contributed by atoms with Crippen LogP contribution in [0, 0.1) is 0 Å². The highest BCUT2D eigenvalue weighted by Gasteiger charge is 2.15. The Morgan fingerprint density at radius 3 is 2.46 bits per heavy atom. The molecule has 8 heteroatoms. The Hall–Kier alpha value is -2.15. The van der Waals surface area contributed by atoms with Crippen LogP contribution in [0.3, 0.4) is 0 Å². The molecule has 1 amide bonds. The van der Waals surface area contributed by atoms with Crippen LogP contribution in [0.5, 0.6) is 0 Å². The molecule has 0 atom stereocenters. The minimum atomic E-state index is -0.520. The average Bonchev–Trinajstić information content (AvgIpc) is 2.54. The van der Waals surface area contributed by atoms with Crippen LogP contribution in [0.1, 0.15) is 20.7 Å². The zero-order valence-electron chi connectivity index (χ0n) is 12.4. The van der Waals surface area contributed by atoms with E-state index in [1.807, 2.05) is 0 Å². The summed E-state index contributed by atoms with van der Waals surface area (Å²) in [5, 5.41) is 5.92. The molecular weight excluding hydrogens is 371 g/mol. The number of hydrogen-bond donors (Lipinski definition) is 2. The maximum Gasteiger partial charge on any atom is 0.339 e. The first-order valence-corrected chi connectivity index (χ1v) is 7.83. The first-order valence-electron chi connectivity index (χ1n) is 6.67. The summed E-state index contributed by atoms with van der Waals surface area (Å²) in [5.74, 6) is -1.02. The smallest absolute Gasteiger partial charge is 0.339 e. The lowest BCUT2D eigenvalue weighted by Crippen LogP contribution is -2.34. The number of esters is 1. The molecule has 0 radical (unpaired) electrons. The van der Waals surface area contributed by atoms with Gasteiger partial charge in [-0.25, -0.2) is 4.79 Å². The van der Waals surface area contributed by atoms with Crippen LogP contribution in [-0.4, -0.2) is 24.1 Å². The highest BCUT2D eigenvalue weighted by Crippen LogP contribution is 2.21. The van der Waals surface area contributed by atoms with Gasteiger partial charge in [0.2, 0.25) is 0 Å². The molecule has 0 fully saturated rings. The predicted molar refractivity (Wildman–Crippen MR) is 97.9 cm³/mol. The molecular formula is C16H12Cl2N2O3S. The summed E-state index contributed by atoms with van der Waals surface area (Å²) < 4.78 is 4.70. The van der Waals surface area contributed by atoms with Crippen molar-refractivity contribution in [1.82, 2.24) is 5.32 Å². The number of rotatable bonds is 3. The van der Waals surface area contributed by atoms with Crippen LogP contribution in [0.4, 0.5) is 5.69 Å². The van der Waals surface area contributed by atoms with E-state index in [1.165, 1.54) is 19.2 Å². The predicted octanol–water partition coefficient (Wildman–Crippen LogP) is 3.91. The van der Waals surface area contributed by atoms with E-state index in [4.69, 9.17) is 40.2 Å². The van der Waals surface area contributed by atoms with Crippen molar-refractivity contribution in [2.24, 2.45) is 0 Å².